The van der Waals surface area contributed by atoms with Crippen molar-refractivity contribution in [3.63, 3.8) is 0 Å². The van der Waals surface area contributed by atoms with Crippen LogP contribution in [0.4, 0.5) is 5.69 Å². The maximum atomic E-state index is 13.2. The molecule has 0 bridgehead atoms. The molecule has 0 spiro atoms. The Hall–Kier alpha value is -3.51. The zero-order valence-corrected chi connectivity index (χ0v) is 17.6. The molecule has 0 saturated heterocycles. The summed E-state index contributed by atoms with van der Waals surface area (Å²) in [5.41, 5.74) is 11.2. The molecule has 2 N–H and O–H groups in total. The summed E-state index contributed by atoms with van der Waals surface area (Å²) in [5.74, 6) is 1.03. The Kier molecular flexibility index (Phi) is 4.79. The van der Waals surface area contributed by atoms with Crippen molar-refractivity contribution in [3.8, 4) is 11.5 Å². The summed E-state index contributed by atoms with van der Waals surface area (Å²) in [6, 6.07) is 15.2. The number of anilines is 1. The monoisotopic (exact) mass is 416 g/mol. The van der Waals surface area contributed by atoms with Gasteiger partial charge in [0, 0.05) is 30.9 Å². The average molecular weight is 416 g/mol. The van der Waals surface area contributed by atoms with Gasteiger partial charge in [0.1, 0.15) is 5.58 Å². The van der Waals surface area contributed by atoms with Gasteiger partial charge in [0.2, 0.25) is 11.2 Å². The van der Waals surface area contributed by atoms with E-state index >= 15 is 0 Å². The van der Waals surface area contributed by atoms with Crippen molar-refractivity contribution < 1.29 is 13.9 Å². The van der Waals surface area contributed by atoms with Crippen molar-refractivity contribution in [3.05, 3.63) is 75.4 Å². The summed E-state index contributed by atoms with van der Waals surface area (Å²) >= 11 is 0. The Labute approximate surface area is 179 Å². The molecule has 0 atom stereocenters. The third-order valence-electron chi connectivity index (χ3n) is 6.04. The van der Waals surface area contributed by atoms with Gasteiger partial charge in [-0.3, -0.25) is 9.69 Å². The lowest BCUT2D eigenvalue weighted by molar-refractivity contribution is 0.240. The molecule has 0 amide bonds. The minimum Gasteiger partial charge on any atom is -0.492 e. The van der Waals surface area contributed by atoms with Gasteiger partial charge in [0.05, 0.1) is 25.0 Å². The molecule has 0 saturated carbocycles. The smallest absolute Gasteiger partial charge is 0.205 e. The molecule has 2 heterocycles. The maximum absolute atomic E-state index is 13.2. The first-order valence-electron chi connectivity index (χ1n) is 10.3. The minimum atomic E-state index is -0.0733. The van der Waals surface area contributed by atoms with E-state index in [-0.39, 0.29) is 5.43 Å². The van der Waals surface area contributed by atoms with Gasteiger partial charge < -0.3 is 19.6 Å². The van der Waals surface area contributed by atoms with Crippen molar-refractivity contribution in [2.75, 3.05) is 26.5 Å². The second kappa shape index (κ2) is 7.63. The second-order valence-electron chi connectivity index (χ2n) is 7.85. The van der Waals surface area contributed by atoms with Gasteiger partial charge in [-0.25, -0.2) is 0 Å². The summed E-state index contributed by atoms with van der Waals surface area (Å²) < 4.78 is 17.5. The van der Waals surface area contributed by atoms with Crippen LogP contribution in [0.5, 0.6) is 11.5 Å². The van der Waals surface area contributed by atoms with Gasteiger partial charge >= 0.3 is 0 Å². The zero-order chi connectivity index (χ0) is 21.5. The molecule has 3 aromatic carbocycles. The lowest BCUT2D eigenvalue weighted by Gasteiger charge is -2.30. The summed E-state index contributed by atoms with van der Waals surface area (Å²) in [6.07, 6.45) is 0.891. The number of nitrogens with two attached hydrogens (primary N) is 1. The summed E-state index contributed by atoms with van der Waals surface area (Å²) in [4.78, 5) is 15.5. The molecule has 1 aliphatic rings. The second-order valence-corrected chi connectivity index (χ2v) is 7.85. The van der Waals surface area contributed by atoms with Crippen molar-refractivity contribution in [2.45, 2.75) is 19.5 Å². The fourth-order valence-corrected chi connectivity index (χ4v) is 4.54. The Balaban J connectivity index is 1.62. The zero-order valence-electron chi connectivity index (χ0n) is 17.6. The number of benzene rings is 3. The molecule has 5 rings (SSSR count). The van der Waals surface area contributed by atoms with Crippen molar-refractivity contribution in [1.29, 1.82) is 0 Å². The predicted molar refractivity (Wildman–Crippen MR) is 122 cm³/mol. The van der Waals surface area contributed by atoms with Gasteiger partial charge in [0.15, 0.2) is 11.3 Å². The molecule has 31 heavy (non-hydrogen) atoms. The molecule has 0 unspecified atom stereocenters. The maximum Gasteiger partial charge on any atom is 0.205 e. The Bertz CT molecular complexity index is 1360. The molecule has 0 aliphatic carbocycles. The number of nitrogen functional groups attached to an aromatic ring is 1. The Morgan fingerprint density at radius 3 is 2.65 bits per heavy atom. The molecule has 0 fully saturated rings. The molecule has 0 radical (unpaired) electrons. The van der Waals surface area contributed by atoms with Crippen LogP contribution in [-0.2, 0) is 19.5 Å². The van der Waals surface area contributed by atoms with Crippen LogP contribution in [-0.4, -0.2) is 25.7 Å². The molecular formula is C25H24N2O4. The minimum absolute atomic E-state index is 0.0733. The number of hydrogen-bond donors (Lipinski definition) is 1. The highest BCUT2D eigenvalue weighted by molar-refractivity contribution is 5.94. The molecule has 1 aliphatic heterocycles. The van der Waals surface area contributed by atoms with E-state index in [1.807, 2.05) is 30.3 Å². The predicted octanol–water partition coefficient (Wildman–Crippen LogP) is 4.10. The first kappa shape index (κ1) is 19.5. The van der Waals surface area contributed by atoms with Crippen molar-refractivity contribution >= 4 is 27.6 Å². The van der Waals surface area contributed by atoms with E-state index in [0.29, 0.717) is 40.0 Å². The summed E-state index contributed by atoms with van der Waals surface area (Å²) in [7, 11) is 3.18. The van der Waals surface area contributed by atoms with Gasteiger partial charge in [-0.1, -0.05) is 24.3 Å². The number of methoxy groups -OCH3 is 2. The van der Waals surface area contributed by atoms with Crippen LogP contribution in [0.1, 0.15) is 16.7 Å². The van der Waals surface area contributed by atoms with Crippen LogP contribution >= 0.6 is 0 Å². The van der Waals surface area contributed by atoms with Crippen molar-refractivity contribution in [2.24, 2.45) is 0 Å². The summed E-state index contributed by atoms with van der Waals surface area (Å²) in [6.45, 7) is 2.28. The van der Waals surface area contributed by atoms with Crippen LogP contribution in [0.3, 0.4) is 0 Å². The van der Waals surface area contributed by atoms with E-state index in [1.165, 1.54) is 11.1 Å². The molecule has 6 nitrogen and oxygen atoms in total. The lowest BCUT2D eigenvalue weighted by atomic mass is 9.97. The van der Waals surface area contributed by atoms with E-state index in [0.717, 1.165) is 30.8 Å². The fourth-order valence-electron chi connectivity index (χ4n) is 4.54. The quantitative estimate of drug-likeness (QED) is 0.399. The molecular weight excluding hydrogens is 392 g/mol. The summed E-state index contributed by atoms with van der Waals surface area (Å²) in [5, 5.41) is 1.04. The third kappa shape index (κ3) is 3.20. The number of rotatable bonds is 4. The van der Waals surface area contributed by atoms with E-state index in [9.17, 15) is 4.79 Å². The van der Waals surface area contributed by atoms with Crippen LogP contribution in [0.15, 0.2) is 57.7 Å². The number of hydrogen-bond acceptors (Lipinski definition) is 6. The molecule has 4 aromatic rings. The SMILES string of the molecule is COc1c(CN2CCc3c(N)cccc3C2)cc2c(=O)c3ccccc3oc2c1OC. The van der Waals surface area contributed by atoms with Crippen molar-refractivity contribution in [1.82, 2.24) is 4.90 Å². The van der Waals surface area contributed by atoms with Gasteiger partial charge in [-0.2, -0.15) is 0 Å². The standard InChI is InChI=1S/C25H24N2O4/c1-29-23-16(14-27-11-10-17-15(13-27)6-5-8-20(17)26)12-19-22(28)18-7-3-4-9-21(18)31-24(19)25(23)30-2/h3-9,12H,10-11,13-14,26H2,1-2H3. The number of para-hydroxylation sites is 1. The van der Waals surface area contributed by atoms with Gasteiger partial charge in [-0.15, -0.1) is 0 Å². The largest absolute Gasteiger partial charge is 0.492 e. The Morgan fingerprint density at radius 2 is 1.84 bits per heavy atom. The fraction of sp³-hybridized carbons (Fsp3) is 0.240. The topological polar surface area (TPSA) is 77.9 Å². The number of nitrogens with zero attached hydrogens (tertiary/aromatic N) is 1. The van der Waals surface area contributed by atoms with E-state index in [2.05, 4.69) is 11.0 Å². The Morgan fingerprint density at radius 1 is 1.03 bits per heavy atom. The highest BCUT2D eigenvalue weighted by Crippen LogP contribution is 2.40. The third-order valence-corrected chi connectivity index (χ3v) is 6.04. The first-order valence-corrected chi connectivity index (χ1v) is 10.3. The molecule has 158 valence electrons. The van der Waals surface area contributed by atoms with Crippen LogP contribution in [0, 0.1) is 0 Å². The highest BCUT2D eigenvalue weighted by atomic mass is 16.5. The molecule has 1 aromatic heterocycles. The van der Waals surface area contributed by atoms with E-state index < -0.39 is 0 Å². The first-order chi connectivity index (χ1) is 15.1. The van der Waals surface area contributed by atoms with Crippen LogP contribution < -0.4 is 20.6 Å². The van der Waals surface area contributed by atoms with E-state index in [1.54, 1.807) is 26.4 Å². The lowest BCUT2D eigenvalue weighted by Crippen LogP contribution is -2.30. The normalized spacial score (nSPS) is 14.0. The van der Waals surface area contributed by atoms with Gasteiger partial charge in [0.25, 0.3) is 0 Å². The van der Waals surface area contributed by atoms with Gasteiger partial charge in [-0.05, 0) is 41.8 Å². The van der Waals surface area contributed by atoms with Crippen LogP contribution in [0.2, 0.25) is 0 Å². The highest BCUT2D eigenvalue weighted by Gasteiger charge is 2.24. The van der Waals surface area contributed by atoms with E-state index in [4.69, 9.17) is 19.6 Å². The molecule has 6 heteroatoms. The number of ether oxygens (including phenoxy) is 2. The van der Waals surface area contributed by atoms with Crippen LogP contribution in [0.25, 0.3) is 21.9 Å². The average Bonchev–Trinajstić information content (AvgIpc) is 2.79. The number of fused-ring (bicyclic) bond motifs is 3.